The molecule has 1 atom stereocenters. The van der Waals surface area contributed by atoms with Crippen LogP contribution in [-0.2, 0) is 6.18 Å². The van der Waals surface area contributed by atoms with Gasteiger partial charge in [-0.3, -0.25) is 10.8 Å². The second-order valence-electron chi connectivity index (χ2n) is 4.33. The average Bonchev–Trinajstić information content (AvgIpc) is 2.40. The molecule has 2 aromatic rings. The SMILES string of the molecule is NNC(c1cnccc1N)c1cc(F)ccc1C(F)(F)F. The predicted octanol–water partition coefficient (Wildman–Crippen LogP) is 2.37. The lowest BCUT2D eigenvalue weighted by Gasteiger charge is -2.22. The maximum Gasteiger partial charge on any atom is 0.416 e. The fourth-order valence-corrected chi connectivity index (χ4v) is 2.04. The summed E-state index contributed by atoms with van der Waals surface area (Å²) in [5.41, 5.74) is 7.03. The van der Waals surface area contributed by atoms with E-state index in [2.05, 4.69) is 10.4 Å². The third-order valence-electron chi connectivity index (χ3n) is 2.99. The molecule has 0 saturated heterocycles. The molecule has 1 heterocycles. The third-order valence-corrected chi connectivity index (χ3v) is 2.99. The van der Waals surface area contributed by atoms with Gasteiger partial charge in [-0.1, -0.05) is 0 Å². The van der Waals surface area contributed by atoms with Gasteiger partial charge in [0.05, 0.1) is 11.6 Å². The van der Waals surface area contributed by atoms with Gasteiger partial charge in [-0.2, -0.15) is 13.2 Å². The Bertz CT molecular complexity index is 642. The van der Waals surface area contributed by atoms with E-state index in [1.54, 1.807) is 0 Å². The number of hydrogen-bond acceptors (Lipinski definition) is 4. The van der Waals surface area contributed by atoms with Crippen molar-refractivity contribution in [3.05, 3.63) is 59.2 Å². The summed E-state index contributed by atoms with van der Waals surface area (Å²) in [5.74, 6) is 4.54. The monoisotopic (exact) mass is 300 g/mol. The Morgan fingerprint density at radius 1 is 1.14 bits per heavy atom. The summed E-state index contributed by atoms with van der Waals surface area (Å²) in [4.78, 5) is 3.80. The minimum Gasteiger partial charge on any atom is -0.398 e. The number of pyridine rings is 1. The van der Waals surface area contributed by atoms with E-state index in [1.165, 1.54) is 18.5 Å². The van der Waals surface area contributed by atoms with Crippen LogP contribution in [0.4, 0.5) is 23.2 Å². The molecule has 2 rings (SSSR count). The molecule has 21 heavy (non-hydrogen) atoms. The van der Waals surface area contributed by atoms with Crippen molar-refractivity contribution < 1.29 is 17.6 Å². The van der Waals surface area contributed by atoms with E-state index in [0.717, 1.165) is 12.1 Å². The number of nitrogens with two attached hydrogens (primary N) is 2. The van der Waals surface area contributed by atoms with Gasteiger partial charge in [0.1, 0.15) is 5.82 Å². The van der Waals surface area contributed by atoms with E-state index in [1.807, 2.05) is 0 Å². The number of aromatic nitrogens is 1. The zero-order valence-electron chi connectivity index (χ0n) is 10.7. The van der Waals surface area contributed by atoms with Crippen molar-refractivity contribution in [1.82, 2.24) is 10.4 Å². The van der Waals surface area contributed by atoms with Crippen molar-refractivity contribution >= 4 is 5.69 Å². The zero-order chi connectivity index (χ0) is 15.6. The van der Waals surface area contributed by atoms with Crippen molar-refractivity contribution in [3.8, 4) is 0 Å². The maximum atomic E-state index is 13.4. The van der Waals surface area contributed by atoms with Crippen molar-refractivity contribution in [3.63, 3.8) is 0 Å². The van der Waals surface area contributed by atoms with E-state index in [4.69, 9.17) is 11.6 Å². The van der Waals surface area contributed by atoms with Gasteiger partial charge in [-0.15, -0.1) is 0 Å². The summed E-state index contributed by atoms with van der Waals surface area (Å²) in [5, 5.41) is 0. The topological polar surface area (TPSA) is 77.0 Å². The minimum absolute atomic E-state index is 0.199. The number of nitrogens with zero attached hydrogens (tertiary/aromatic N) is 1. The molecule has 1 aromatic heterocycles. The molecule has 1 unspecified atom stereocenters. The molecule has 0 radical (unpaired) electrons. The smallest absolute Gasteiger partial charge is 0.398 e. The number of alkyl halides is 3. The summed E-state index contributed by atoms with van der Waals surface area (Å²) in [7, 11) is 0. The molecule has 0 aliphatic heterocycles. The first-order valence-electron chi connectivity index (χ1n) is 5.86. The van der Waals surface area contributed by atoms with Crippen LogP contribution in [-0.4, -0.2) is 4.98 Å². The first-order valence-corrected chi connectivity index (χ1v) is 5.86. The number of nitrogens with one attached hydrogen (secondary N) is 1. The molecule has 1 aromatic carbocycles. The Morgan fingerprint density at radius 3 is 2.43 bits per heavy atom. The van der Waals surface area contributed by atoms with Crippen molar-refractivity contribution in [2.45, 2.75) is 12.2 Å². The minimum atomic E-state index is -4.64. The number of halogens is 4. The summed E-state index contributed by atoms with van der Waals surface area (Å²) in [6, 6.07) is 2.48. The second kappa shape index (κ2) is 5.66. The van der Waals surface area contributed by atoms with Gasteiger partial charge in [0.2, 0.25) is 0 Å². The van der Waals surface area contributed by atoms with Gasteiger partial charge in [0, 0.05) is 23.6 Å². The van der Waals surface area contributed by atoms with Gasteiger partial charge in [0.25, 0.3) is 0 Å². The number of rotatable bonds is 3. The van der Waals surface area contributed by atoms with Gasteiger partial charge in [-0.25, -0.2) is 9.82 Å². The predicted molar refractivity (Wildman–Crippen MR) is 69.2 cm³/mol. The second-order valence-corrected chi connectivity index (χ2v) is 4.33. The molecule has 0 bridgehead atoms. The Morgan fingerprint density at radius 2 is 1.86 bits per heavy atom. The molecular formula is C13H12F4N4. The molecule has 0 saturated carbocycles. The Hall–Kier alpha value is -2.19. The van der Waals surface area contributed by atoms with Gasteiger partial charge in [-0.05, 0) is 29.8 Å². The van der Waals surface area contributed by atoms with Crippen LogP contribution >= 0.6 is 0 Å². The maximum absolute atomic E-state index is 13.4. The lowest BCUT2D eigenvalue weighted by atomic mass is 9.94. The lowest BCUT2D eigenvalue weighted by molar-refractivity contribution is -0.138. The van der Waals surface area contributed by atoms with Crippen molar-refractivity contribution in [2.24, 2.45) is 5.84 Å². The number of hydrogen-bond donors (Lipinski definition) is 3. The molecule has 5 N–H and O–H groups in total. The summed E-state index contributed by atoms with van der Waals surface area (Å²) < 4.78 is 52.5. The van der Waals surface area contributed by atoms with Gasteiger partial charge < -0.3 is 5.73 Å². The molecule has 0 amide bonds. The van der Waals surface area contributed by atoms with E-state index in [9.17, 15) is 17.6 Å². The van der Waals surface area contributed by atoms with E-state index in [0.29, 0.717) is 6.07 Å². The molecule has 8 heteroatoms. The van der Waals surface area contributed by atoms with Crippen LogP contribution in [0.2, 0.25) is 0 Å². The van der Waals surface area contributed by atoms with Gasteiger partial charge in [0.15, 0.2) is 0 Å². The van der Waals surface area contributed by atoms with Crippen LogP contribution < -0.4 is 17.0 Å². The molecular weight excluding hydrogens is 288 g/mol. The van der Waals surface area contributed by atoms with Crippen molar-refractivity contribution in [2.75, 3.05) is 5.73 Å². The van der Waals surface area contributed by atoms with Crippen LogP contribution in [0.15, 0.2) is 36.7 Å². The summed E-state index contributed by atoms with van der Waals surface area (Å²) >= 11 is 0. The van der Waals surface area contributed by atoms with Gasteiger partial charge >= 0.3 is 6.18 Å². The highest BCUT2D eigenvalue weighted by Gasteiger charge is 2.36. The highest BCUT2D eigenvalue weighted by Crippen LogP contribution is 2.37. The fourth-order valence-electron chi connectivity index (χ4n) is 2.04. The van der Waals surface area contributed by atoms with E-state index >= 15 is 0 Å². The number of nitrogen functional groups attached to an aromatic ring is 1. The van der Waals surface area contributed by atoms with E-state index < -0.39 is 23.6 Å². The van der Waals surface area contributed by atoms with Crippen LogP contribution in [0, 0.1) is 5.82 Å². The third kappa shape index (κ3) is 3.11. The highest BCUT2D eigenvalue weighted by atomic mass is 19.4. The molecule has 0 aliphatic rings. The molecule has 4 nitrogen and oxygen atoms in total. The molecule has 0 fully saturated rings. The highest BCUT2D eigenvalue weighted by molar-refractivity contribution is 5.51. The lowest BCUT2D eigenvalue weighted by Crippen LogP contribution is -2.31. The number of anilines is 1. The Kier molecular flexibility index (Phi) is 4.10. The number of benzene rings is 1. The number of hydrazine groups is 1. The molecule has 0 spiro atoms. The fraction of sp³-hybridized carbons (Fsp3) is 0.154. The first-order chi connectivity index (χ1) is 9.84. The van der Waals surface area contributed by atoms with Crippen LogP contribution in [0.3, 0.4) is 0 Å². The quantitative estimate of drug-likeness (QED) is 0.462. The Labute approximate surface area is 117 Å². The summed E-state index contributed by atoms with van der Waals surface area (Å²) in [6.07, 6.45) is -1.97. The van der Waals surface area contributed by atoms with Crippen molar-refractivity contribution in [1.29, 1.82) is 0 Å². The van der Waals surface area contributed by atoms with E-state index in [-0.39, 0.29) is 16.8 Å². The van der Waals surface area contributed by atoms with Crippen LogP contribution in [0.5, 0.6) is 0 Å². The molecule has 112 valence electrons. The Balaban J connectivity index is 2.63. The van der Waals surface area contributed by atoms with Crippen LogP contribution in [0.25, 0.3) is 0 Å². The largest absolute Gasteiger partial charge is 0.416 e. The standard InChI is InChI=1S/C13H12F4N4/c14-7-1-2-10(13(15,16)17)8(5-7)12(21-19)9-6-20-4-3-11(9)18/h1-6,12,21H,19H2,(H2,18,20). The van der Waals surface area contributed by atoms with Crippen LogP contribution in [0.1, 0.15) is 22.7 Å². The summed E-state index contributed by atoms with van der Waals surface area (Å²) in [6.45, 7) is 0. The normalized spacial score (nSPS) is 13.2. The zero-order valence-corrected chi connectivity index (χ0v) is 10.7. The average molecular weight is 300 g/mol. The molecule has 0 aliphatic carbocycles. The first kappa shape index (κ1) is 15.2.